The molecule has 1 aromatic rings. The quantitative estimate of drug-likeness (QED) is 0.533. The highest BCUT2D eigenvalue weighted by molar-refractivity contribution is 7.89. The van der Waals surface area contributed by atoms with Gasteiger partial charge in [-0.1, -0.05) is 0 Å². The second kappa shape index (κ2) is 8.96. The Hall–Kier alpha value is -2.39. The molecule has 0 N–H and O–H groups in total. The van der Waals surface area contributed by atoms with Gasteiger partial charge in [-0.05, 0) is 45.0 Å². The van der Waals surface area contributed by atoms with E-state index >= 15 is 0 Å². The van der Waals surface area contributed by atoms with E-state index < -0.39 is 21.7 Å². The molecule has 0 spiro atoms. The summed E-state index contributed by atoms with van der Waals surface area (Å²) in [5.41, 5.74) is -0.182. The number of amides is 1. The van der Waals surface area contributed by atoms with Gasteiger partial charge in [0.1, 0.15) is 5.60 Å². The third kappa shape index (κ3) is 6.30. The Morgan fingerprint density at radius 1 is 1.03 bits per heavy atom. The van der Waals surface area contributed by atoms with E-state index in [9.17, 15) is 18.0 Å². The summed E-state index contributed by atoms with van der Waals surface area (Å²) in [5, 5.41) is 0. The minimum Gasteiger partial charge on any atom is -0.444 e. The van der Waals surface area contributed by atoms with Gasteiger partial charge in [-0.25, -0.2) is 13.2 Å². The molecule has 0 aliphatic carbocycles. The maximum atomic E-state index is 12.9. The minimum absolute atomic E-state index is 0.122. The van der Waals surface area contributed by atoms with Crippen molar-refractivity contribution < 1.29 is 22.7 Å². The van der Waals surface area contributed by atoms with Crippen LogP contribution in [-0.4, -0.2) is 80.3 Å². The predicted octanol–water partition coefficient (Wildman–Crippen LogP) is 2.19. The van der Waals surface area contributed by atoms with Gasteiger partial charge < -0.3 is 14.5 Å². The fraction of sp³-hybridized carbons (Fsp3) is 0.500. The van der Waals surface area contributed by atoms with Crippen LogP contribution in [0.4, 0.5) is 4.79 Å². The second-order valence-corrected chi connectivity index (χ2v) is 9.98. The highest BCUT2D eigenvalue weighted by atomic mass is 32.2. The highest BCUT2D eigenvalue weighted by Gasteiger charge is 2.31. The number of piperazine rings is 1. The number of benzene rings is 1. The fourth-order valence-corrected chi connectivity index (χ4v) is 4.11. The Balaban J connectivity index is 2.03. The molecule has 29 heavy (non-hydrogen) atoms. The maximum Gasteiger partial charge on any atom is 0.410 e. The zero-order valence-corrected chi connectivity index (χ0v) is 18.4. The van der Waals surface area contributed by atoms with Gasteiger partial charge in [-0.15, -0.1) is 0 Å². The first kappa shape index (κ1) is 22.9. The number of sulfonamides is 1. The largest absolute Gasteiger partial charge is 0.444 e. The number of hydrogen-bond donors (Lipinski definition) is 0. The van der Waals surface area contributed by atoms with E-state index in [1.54, 1.807) is 31.9 Å². The van der Waals surface area contributed by atoms with E-state index in [2.05, 4.69) is 0 Å². The minimum atomic E-state index is -3.70. The van der Waals surface area contributed by atoms with Gasteiger partial charge in [0.15, 0.2) is 5.78 Å². The maximum absolute atomic E-state index is 12.9. The van der Waals surface area contributed by atoms with Crippen LogP contribution in [0.5, 0.6) is 0 Å². The van der Waals surface area contributed by atoms with Crippen molar-refractivity contribution in [3.05, 3.63) is 42.1 Å². The molecule has 0 atom stereocenters. The molecule has 0 saturated carbocycles. The smallest absolute Gasteiger partial charge is 0.410 e. The SMILES string of the molecule is CN(C)/C=C/C(=O)c1ccc(S(=O)(=O)N2CCN(C(=O)OC(C)(C)C)CC2)cc1. The molecule has 9 heteroatoms. The van der Waals surface area contributed by atoms with Gasteiger partial charge in [0, 0.05) is 58.1 Å². The lowest BCUT2D eigenvalue weighted by Crippen LogP contribution is -2.51. The van der Waals surface area contributed by atoms with Crippen LogP contribution in [0.25, 0.3) is 0 Å². The van der Waals surface area contributed by atoms with E-state index in [0.717, 1.165) is 0 Å². The van der Waals surface area contributed by atoms with Crippen molar-refractivity contribution in [3.63, 3.8) is 0 Å². The van der Waals surface area contributed by atoms with E-state index in [-0.39, 0.29) is 36.9 Å². The molecule has 0 bridgehead atoms. The van der Waals surface area contributed by atoms with Crippen molar-refractivity contribution in [1.29, 1.82) is 0 Å². The summed E-state index contributed by atoms with van der Waals surface area (Å²) < 4.78 is 32.4. The fourth-order valence-electron chi connectivity index (χ4n) is 2.69. The summed E-state index contributed by atoms with van der Waals surface area (Å²) in [6.07, 6.45) is 2.62. The Morgan fingerprint density at radius 3 is 2.07 bits per heavy atom. The van der Waals surface area contributed by atoms with Gasteiger partial charge in [-0.3, -0.25) is 4.79 Å². The molecule has 1 heterocycles. The third-order valence-electron chi connectivity index (χ3n) is 4.19. The van der Waals surface area contributed by atoms with Gasteiger partial charge >= 0.3 is 6.09 Å². The molecule has 8 nitrogen and oxygen atoms in total. The molecule has 1 saturated heterocycles. The van der Waals surface area contributed by atoms with E-state index in [1.165, 1.54) is 39.5 Å². The van der Waals surface area contributed by atoms with Gasteiger partial charge in [0.2, 0.25) is 10.0 Å². The van der Waals surface area contributed by atoms with Gasteiger partial charge in [0.05, 0.1) is 4.90 Å². The van der Waals surface area contributed by atoms with Crippen LogP contribution in [0.1, 0.15) is 31.1 Å². The number of rotatable bonds is 5. The second-order valence-electron chi connectivity index (χ2n) is 8.04. The molecule has 1 fully saturated rings. The Bertz CT molecular complexity index is 862. The summed E-state index contributed by atoms with van der Waals surface area (Å²) in [7, 11) is -0.0824. The molecule has 0 unspecified atom stereocenters. The van der Waals surface area contributed by atoms with Gasteiger partial charge in [-0.2, -0.15) is 4.31 Å². The van der Waals surface area contributed by atoms with Crippen LogP contribution in [-0.2, 0) is 14.8 Å². The molecule has 1 amide bonds. The Kier molecular flexibility index (Phi) is 7.07. The lowest BCUT2D eigenvalue weighted by atomic mass is 10.1. The Morgan fingerprint density at radius 2 is 1.59 bits per heavy atom. The van der Waals surface area contributed by atoms with Crippen LogP contribution in [0, 0.1) is 0 Å². The molecule has 1 aromatic carbocycles. The zero-order valence-electron chi connectivity index (χ0n) is 17.6. The first-order chi connectivity index (χ1) is 13.4. The number of hydrogen-bond acceptors (Lipinski definition) is 6. The molecular formula is C20H29N3O5S. The Labute approximate surface area is 172 Å². The zero-order chi connectivity index (χ0) is 21.8. The normalized spacial score (nSPS) is 16.1. The number of carbonyl (C=O) groups is 2. The number of allylic oxidation sites excluding steroid dienone is 1. The predicted molar refractivity (Wildman–Crippen MR) is 110 cm³/mol. The first-order valence-corrected chi connectivity index (χ1v) is 10.8. The van der Waals surface area contributed by atoms with Crippen LogP contribution >= 0.6 is 0 Å². The molecule has 2 rings (SSSR count). The molecule has 1 aliphatic heterocycles. The molecule has 1 aliphatic rings. The van der Waals surface area contributed by atoms with Gasteiger partial charge in [0.25, 0.3) is 0 Å². The molecule has 160 valence electrons. The average Bonchev–Trinajstić information content (AvgIpc) is 2.65. The third-order valence-corrected chi connectivity index (χ3v) is 6.10. The number of ether oxygens (including phenoxy) is 1. The summed E-state index contributed by atoms with van der Waals surface area (Å²) >= 11 is 0. The molecule has 0 aromatic heterocycles. The average molecular weight is 424 g/mol. The van der Waals surface area contributed by atoms with Crippen molar-refractivity contribution in [2.45, 2.75) is 31.3 Å². The van der Waals surface area contributed by atoms with E-state index in [4.69, 9.17) is 4.74 Å². The van der Waals surface area contributed by atoms with Crippen LogP contribution in [0.15, 0.2) is 41.4 Å². The summed E-state index contributed by atoms with van der Waals surface area (Å²) in [5.74, 6) is -0.200. The van der Waals surface area contributed by atoms with Crippen molar-refractivity contribution in [2.75, 3.05) is 40.3 Å². The number of ketones is 1. The van der Waals surface area contributed by atoms with Crippen LogP contribution in [0.2, 0.25) is 0 Å². The first-order valence-electron chi connectivity index (χ1n) is 9.37. The summed E-state index contributed by atoms with van der Waals surface area (Å²) in [4.78, 5) is 27.6. The molecular weight excluding hydrogens is 394 g/mol. The number of carbonyl (C=O) groups excluding carboxylic acids is 2. The summed E-state index contributed by atoms with van der Waals surface area (Å²) in [6.45, 7) is 6.27. The highest BCUT2D eigenvalue weighted by Crippen LogP contribution is 2.20. The standard InChI is InChI=1S/C20H29N3O5S/c1-20(2,3)28-19(25)22-12-14-23(15-13-22)29(26,27)17-8-6-16(7-9-17)18(24)10-11-21(4)5/h6-11H,12-15H2,1-5H3/b11-10+. The van der Waals surface area contributed by atoms with Crippen LogP contribution < -0.4 is 0 Å². The van der Waals surface area contributed by atoms with Crippen molar-refractivity contribution in [3.8, 4) is 0 Å². The van der Waals surface area contributed by atoms with E-state index in [1.807, 2.05) is 14.1 Å². The number of nitrogens with zero attached hydrogens (tertiary/aromatic N) is 3. The lowest BCUT2D eigenvalue weighted by molar-refractivity contribution is 0.0192. The van der Waals surface area contributed by atoms with Crippen LogP contribution in [0.3, 0.4) is 0 Å². The lowest BCUT2D eigenvalue weighted by Gasteiger charge is -2.34. The van der Waals surface area contributed by atoms with E-state index in [0.29, 0.717) is 5.56 Å². The van der Waals surface area contributed by atoms with Crippen molar-refractivity contribution in [1.82, 2.24) is 14.1 Å². The van der Waals surface area contributed by atoms with Crippen molar-refractivity contribution >= 4 is 21.9 Å². The summed E-state index contributed by atoms with van der Waals surface area (Å²) in [6, 6.07) is 5.89. The monoisotopic (exact) mass is 423 g/mol. The topological polar surface area (TPSA) is 87.2 Å². The molecule has 0 radical (unpaired) electrons. The van der Waals surface area contributed by atoms with Crippen molar-refractivity contribution in [2.24, 2.45) is 0 Å².